The average molecular weight is 403 g/mol. The van der Waals surface area contributed by atoms with E-state index in [-0.39, 0.29) is 12.3 Å². The summed E-state index contributed by atoms with van der Waals surface area (Å²) in [6.45, 7) is 2.44. The average Bonchev–Trinajstić information content (AvgIpc) is 3.11. The van der Waals surface area contributed by atoms with Crippen molar-refractivity contribution in [2.75, 3.05) is 19.0 Å². The van der Waals surface area contributed by atoms with Crippen molar-refractivity contribution in [1.29, 1.82) is 0 Å². The maximum atomic E-state index is 12.4. The molecule has 27 heavy (non-hydrogen) atoms. The van der Waals surface area contributed by atoms with E-state index in [2.05, 4.69) is 10.3 Å². The van der Waals surface area contributed by atoms with E-state index in [9.17, 15) is 4.79 Å². The van der Waals surface area contributed by atoms with Crippen molar-refractivity contribution in [3.05, 3.63) is 58.6 Å². The van der Waals surface area contributed by atoms with Crippen LogP contribution in [0.3, 0.4) is 0 Å². The van der Waals surface area contributed by atoms with E-state index in [1.165, 1.54) is 11.3 Å². The van der Waals surface area contributed by atoms with Gasteiger partial charge in [0.15, 0.2) is 11.5 Å². The molecule has 0 saturated carbocycles. The van der Waals surface area contributed by atoms with Gasteiger partial charge in [0.1, 0.15) is 5.01 Å². The predicted octanol–water partition coefficient (Wildman–Crippen LogP) is 5.05. The van der Waals surface area contributed by atoms with E-state index in [0.717, 1.165) is 10.6 Å². The highest BCUT2D eigenvalue weighted by Gasteiger charge is 2.12. The number of methoxy groups -OCH3 is 1. The van der Waals surface area contributed by atoms with Gasteiger partial charge in [-0.3, -0.25) is 4.79 Å². The normalized spacial score (nSPS) is 10.5. The number of hydrogen-bond donors (Lipinski definition) is 1. The van der Waals surface area contributed by atoms with E-state index in [1.807, 2.05) is 36.6 Å². The van der Waals surface area contributed by atoms with Crippen LogP contribution in [0.15, 0.2) is 47.8 Å². The lowest BCUT2D eigenvalue weighted by atomic mass is 10.2. The van der Waals surface area contributed by atoms with Gasteiger partial charge in [0.2, 0.25) is 5.91 Å². The van der Waals surface area contributed by atoms with Crippen molar-refractivity contribution in [1.82, 2.24) is 4.98 Å². The fourth-order valence-corrected chi connectivity index (χ4v) is 3.68. The maximum Gasteiger partial charge on any atom is 0.230 e. The molecule has 3 rings (SSSR count). The summed E-state index contributed by atoms with van der Waals surface area (Å²) in [6.07, 6.45) is 0.177. The van der Waals surface area contributed by atoms with Crippen LogP contribution in [0.1, 0.15) is 12.6 Å². The van der Waals surface area contributed by atoms with Gasteiger partial charge < -0.3 is 14.8 Å². The number of amides is 1. The molecule has 3 aromatic rings. The fourth-order valence-electron chi connectivity index (χ4n) is 2.54. The number of nitrogens with zero attached hydrogens (tertiary/aromatic N) is 1. The van der Waals surface area contributed by atoms with Crippen LogP contribution in [0.2, 0.25) is 5.02 Å². The third-order valence-electron chi connectivity index (χ3n) is 3.74. The quantitative estimate of drug-likeness (QED) is 0.600. The highest BCUT2D eigenvalue weighted by atomic mass is 35.5. The van der Waals surface area contributed by atoms with E-state index in [0.29, 0.717) is 34.5 Å². The predicted molar refractivity (Wildman–Crippen MR) is 109 cm³/mol. The summed E-state index contributed by atoms with van der Waals surface area (Å²) >= 11 is 7.68. The molecule has 2 aromatic carbocycles. The lowest BCUT2D eigenvalue weighted by molar-refractivity contribution is -0.115. The van der Waals surface area contributed by atoms with Crippen molar-refractivity contribution in [2.24, 2.45) is 0 Å². The fraction of sp³-hybridized carbons (Fsp3) is 0.200. The minimum atomic E-state index is -0.155. The number of nitrogens with one attached hydrogen (secondary N) is 1. The second-order valence-electron chi connectivity index (χ2n) is 5.65. The molecule has 0 unspecified atom stereocenters. The number of aromatic nitrogens is 1. The van der Waals surface area contributed by atoms with Gasteiger partial charge in [-0.15, -0.1) is 11.3 Å². The molecule has 1 amide bonds. The molecule has 0 aliphatic rings. The number of halogens is 1. The number of benzene rings is 2. The molecule has 0 aliphatic carbocycles. The van der Waals surface area contributed by atoms with Crippen LogP contribution in [-0.2, 0) is 11.2 Å². The molecule has 1 heterocycles. The Hall–Kier alpha value is -2.57. The Labute approximate surface area is 166 Å². The zero-order valence-corrected chi connectivity index (χ0v) is 16.6. The standard InChI is InChI=1S/C20H19ClN2O3S/c1-3-26-17-9-8-13(10-18(17)25-2)22-19(24)11-14-12-27-20(23-14)15-6-4-5-7-16(15)21/h4-10,12H,3,11H2,1-2H3,(H,22,24). The van der Waals surface area contributed by atoms with Crippen molar-refractivity contribution in [3.8, 4) is 22.1 Å². The number of carbonyl (C=O) groups excluding carboxylic acids is 1. The first kappa shape index (κ1) is 19.2. The van der Waals surface area contributed by atoms with Gasteiger partial charge in [-0.25, -0.2) is 4.98 Å². The van der Waals surface area contributed by atoms with Crippen LogP contribution in [0.4, 0.5) is 5.69 Å². The van der Waals surface area contributed by atoms with E-state index in [4.69, 9.17) is 21.1 Å². The Bertz CT molecular complexity index is 942. The molecular weight excluding hydrogens is 384 g/mol. The Morgan fingerprint density at radius 3 is 2.78 bits per heavy atom. The lowest BCUT2D eigenvalue weighted by Crippen LogP contribution is -2.14. The van der Waals surface area contributed by atoms with Gasteiger partial charge in [0.05, 0.1) is 30.9 Å². The molecule has 0 spiro atoms. The summed E-state index contributed by atoms with van der Waals surface area (Å²) in [5.74, 6) is 1.06. The van der Waals surface area contributed by atoms with Gasteiger partial charge in [0, 0.05) is 22.7 Å². The summed E-state index contributed by atoms with van der Waals surface area (Å²) in [5, 5.41) is 6.17. The van der Waals surface area contributed by atoms with Gasteiger partial charge in [0.25, 0.3) is 0 Å². The first-order chi connectivity index (χ1) is 13.1. The van der Waals surface area contributed by atoms with Crippen LogP contribution in [0.5, 0.6) is 11.5 Å². The van der Waals surface area contributed by atoms with Crippen LogP contribution < -0.4 is 14.8 Å². The van der Waals surface area contributed by atoms with Crippen LogP contribution in [0, 0.1) is 0 Å². The first-order valence-electron chi connectivity index (χ1n) is 8.40. The summed E-state index contributed by atoms with van der Waals surface area (Å²) in [6, 6.07) is 12.8. The minimum absolute atomic E-state index is 0.155. The Morgan fingerprint density at radius 2 is 2.04 bits per heavy atom. The number of anilines is 1. The zero-order chi connectivity index (χ0) is 19.2. The second kappa shape index (κ2) is 8.88. The summed E-state index contributed by atoms with van der Waals surface area (Å²) in [7, 11) is 1.56. The number of ether oxygens (including phenoxy) is 2. The SMILES string of the molecule is CCOc1ccc(NC(=O)Cc2csc(-c3ccccc3Cl)n2)cc1OC. The van der Waals surface area contributed by atoms with Crippen molar-refractivity contribution in [2.45, 2.75) is 13.3 Å². The molecule has 1 N–H and O–H groups in total. The molecule has 140 valence electrons. The molecule has 7 heteroatoms. The Kier molecular flexibility index (Phi) is 6.32. The number of hydrogen-bond acceptors (Lipinski definition) is 5. The summed E-state index contributed by atoms with van der Waals surface area (Å²) in [5.41, 5.74) is 2.21. The molecule has 0 atom stereocenters. The number of rotatable bonds is 7. The van der Waals surface area contributed by atoms with Gasteiger partial charge in [-0.2, -0.15) is 0 Å². The topological polar surface area (TPSA) is 60.5 Å². The van der Waals surface area contributed by atoms with Crippen molar-refractivity contribution < 1.29 is 14.3 Å². The van der Waals surface area contributed by atoms with Crippen LogP contribution in [0.25, 0.3) is 10.6 Å². The molecule has 5 nitrogen and oxygen atoms in total. The van der Waals surface area contributed by atoms with E-state index < -0.39 is 0 Å². The van der Waals surface area contributed by atoms with Crippen molar-refractivity contribution in [3.63, 3.8) is 0 Å². The zero-order valence-electron chi connectivity index (χ0n) is 15.0. The first-order valence-corrected chi connectivity index (χ1v) is 9.66. The molecule has 0 bridgehead atoms. The van der Waals surface area contributed by atoms with Crippen LogP contribution in [-0.4, -0.2) is 24.6 Å². The van der Waals surface area contributed by atoms with Gasteiger partial charge in [-0.1, -0.05) is 29.8 Å². The molecule has 0 aliphatic heterocycles. The van der Waals surface area contributed by atoms with Crippen molar-refractivity contribution >= 4 is 34.5 Å². The molecule has 0 fully saturated rings. The third kappa shape index (κ3) is 4.78. The molecule has 0 saturated heterocycles. The lowest BCUT2D eigenvalue weighted by Gasteiger charge is -2.11. The maximum absolute atomic E-state index is 12.4. The summed E-state index contributed by atoms with van der Waals surface area (Å²) in [4.78, 5) is 16.9. The van der Waals surface area contributed by atoms with Gasteiger partial charge >= 0.3 is 0 Å². The highest BCUT2D eigenvalue weighted by Crippen LogP contribution is 2.31. The summed E-state index contributed by atoms with van der Waals surface area (Å²) < 4.78 is 10.8. The number of carbonyl (C=O) groups is 1. The molecule has 1 aromatic heterocycles. The minimum Gasteiger partial charge on any atom is -0.493 e. The Balaban J connectivity index is 1.67. The molecular formula is C20H19ClN2O3S. The largest absolute Gasteiger partial charge is 0.493 e. The van der Waals surface area contributed by atoms with Gasteiger partial charge in [-0.05, 0) is 25.1 Å². The number of thiazole rings is 1. The third-order valence-corrected chi connectivity index (χ3v) is 5.00. The smallest absolute Gasteiger partial charge is 0.230 e. The Morgan fingerprint density at radius 1 is 1.22 bits per heavy atom. The van der Waals surface area contributed by atoms with E-state index in [1.54, 1.807) is 25.3 Å². The second-order valence-corrected chi connectivity index (χ2v) is 6.91. The van der Waals surface area contributed by atoms with E-state index >= 15 is 0 Å². The monoisotopic (exact) mass is 402 g/mol. The van der Waals surface area contributed by atoms with Crippen LogP contribution >= 0.6 is 22.9 Å². The molecule has 0 radical (unpaired) electrons. The highest BCUT2D eigenvalue weighted by molar-refractivity contribution is 7.13.